The quantitative estimate of drug-likeness (QED) is 0.781. The Labute approximate surface area is 77.8 Å². The summed E-state index contributed by atoms with van der Waals surface area (Å²) in [6, 6.07) is 3.83. The number of pyridine rings is 1. The molecule has 3 heteroatoms. The first kappa shape index (κ1) is 9.49. The molecule has 1 unspecified atom stereocenters. The lowest BCUT2D eigenvalue weighted by atomic mass is 10.1. The summed E-state index contributed by atoms with van der Waals surface area (Å²) in [6.45, 7) is 2.06. The topological polar surface area (TPSA) is 38.9 Å². The summed E-state index contributed by atoms with van der Waals surface area (Å²) < 4.78 is 0. The minimum absolute atomic E-state index is 0.164. The third kappa shape index (κ3) is 2.47. The van der Waals surface area contributed by atoms with Gasteiger partial charge in [0.15, 0.2) is 0 Å². The fourth-order valence-electron chi connectivity index (χ4n) is 0.961. The minimum Gasteiger partial charge on any atom is -0.327 e. The van der Waals surface area contributed by atoms with Gasteiger partial charge in [-0.1, -0.05) is 18.5 Å². The van der Waals surface area contributed by atoms with Crippen molar-refractivity contribution >= 4 is 11.6 Å². The molecule has 1 rings (SSSR count). The maximum atomic E-state index is 5.91. The highest BCUT2D eigenvalue weighted by Crippen LogP contribution is 2.13. The van der Waals surface area contributed by atoms with Crippen molar-refractivity contribution in [2.45, 2.75) is 25.8 Å². The van der Waals surface area contributed by atoms with Gasteiger partial charge in [-0.3, -0.25) is 4.98 Å². The second-order valence-electron chi connectivity index (χ2n) is 2.80. The zero-order chi connectivity index (χ0) is 8.97. The maximum absolute atomic E-state index is 5.91. The molecule has 1 aromatic rings. The van der Waals surface area contributed by atoms with Crippen molar-refractivity contribution in [2.24, 2.45) is 5.73 Å². The van der Waals surface area contributed by atoms with Crippen LogP contribution < -0.4 is 5.73 Å². The van der Waals surface area contributed by atoms with Crippen molar-refractivity contribution < 1.29 is 0 Å². The molecule has 0 amide bonds. The number of nitrogens with zero attached hydrogens (tertiary/aromatic N) is 1. The molecule has 0 saturated carbocycles. The van der Waals surface area contributed by atoms with E-state index in [1.165, 1.54) is 0 Å². The first-order valence-electron chi connectivity index (χ1n) is 4.09. The van der Waals surface area contributed by atoms with Gasteiger partial charge in [0, 0.05) is 18.7 Å². The summed E-state index contributed by atoms with van der Waals surface area (Å²) in [6.07, 6.45) is 3.45. The van der Waals surface area contributed by atoms with Gasteiger partial charge >= 0.3 is 0 Å². The number of nitrogens with two attached hydrogens (primary N) is 1. The van der Waals surface area contributed by atoms with E-state index in [0.29, 0.717) is 5.02 Å². The third-order valence-electron chi connectivity index (χ3n) is 1.81. The lowest BCUT2D eigenvalue weighted by molar-refractivity contribution is 0.637. The fourth-order valence-corrected chi connectivity index (χ4v) is 1.16. The number of aromatic nitrogens is 1. The Morgan fingerprint density at radius 1 is 1.67 bits per heavy atom. The number of hydrogen-bond donors (Lipinski definition) is 1. The van der Waals surface area contributed by atoms with Gasteiger partial charge in [-0.2, -0.15) is 0 Å². The Balaban J connectivity index is 2.69. The smallest absolute Gasteiger partial charge is 0.0622 e. The molecule has 1 aromatic heterocycles. The van der Waals surface area contributed by atoms with Crippen molar-refractivity contribution in [3.63, 3.8) is 0 Å². The minimum atomic E-state index is 0.164. The monoisotopic (exact) mass is 184 g/mol. The first-order chi connectivity index (χ1) is 5.74. The van der Waals surface area contributed by atoms with E-state index in [1.54, 1.807) is 6.20 Å². The van der Waals surface area contributed by atoms with E-state index < -0.39 is 0 Å². The van der Waals surface area contributed by atoms with Crippen molar-refractivity contribution in [3.8, 4) is 0 Å². The lowest BCUT2D eigenvalue weighted by Crippen LogP contribution is -2.22. The molecule has 0 aliphatic heterocycles. The summed E-state index contributed by atoms with van der Waals surface area (Å²) >= 11 is 5.91. The molecule has 0 aromatic carbocycles. The standard InChI is InChI=1S/C9H13ClN2/c1-2-7(11)6-9-8(10)4-3-5-12-9/h3-5,7H,2,6,11H2,1H3. The van der Waals surface area contributed by atoms with Crippen LogP contribution in [0.2, 0.25) is 5.02 Å². The van der Waals surface area contributed by atoms with Gasteiger partial charge in [0.25, 0.3) is 0 Å². The van der Waals surface area contributed by atoms with Crippen molar-refractivity contribution in [2.75, 3.05) is 0 Å². The Kier molecular flexibility index (Phi) is 3.50. The van der Waals surface area contributed by atoms with Gasteiger partial charge in [-0.15, -0.1) is 0 Å². The Hall–Kier alpha value is -0.600. The van der Waals surface area contributed by atoms with Crippen molar-refractivity contribution in [1.82, 2.24) is 4.98 Å². The predicted octanol–water partition coefficient (Wildman–Crippen LogP) is 2.01. The molecule has 0 aliphatic rings. The first-order valence-corrected chi connectivity index (χ1v) is 4.46. The van der Waals surface area contributed by atoms with E-state index in [-0.39, 0.29) is 6.04 Å². The highest BCUT2D eigenvalue weighted by atomic mass is 35.5. The van der Waals surface area contributed by atoms with Gasteiger partial charge in [0.1, 0.15) is 0 Å². The van der Waals surface area contributed by atoms with E-state index in [0.717, 1.165) is 18.5 Å². The molecule has 2 N–H and O–H groups in total. The Morgan fingerprint density at radius 3 is 3.00 bits per heavy atom. The molecule has 0 spiro atoms. The molecule has 0 saturated heterocycles. The van der Waals surface area contributed by atoms with E-state index in [1.807, 2.05) is 12.1 Å². The van der Waals surface area contributed by atoms with Crippen LogP contribution >= 0.6 is 11.6 Å². The van der Waals surface area contributed by atoms with Crippen LogP contribution in [-0.2, 0) is 6.42 Å². The zero-order valence-corrected chi connectivity index (χ0v) is 7.88. The molecule has 2 nitrogen and oxygen atoms in total. The highest BCUT2D eigenvalue weighted by molar-refractivity contribution is 6.31. The molecule has 12 heavy (non-hydrogen) atoms. The van der Waals surface area contributed by atoms with Crippen molar-refractivity contribution in [3.05, 3.63) is 29.0 Å². The average molecular weight is 185 g/mol. The van der Waals surface area contributed by atoms with Crippen molar-refractivity contribution in [1.29, 1.82) is 0 Å². The molecule has 0 radical (unpaired) electrons. The number of rotatable bonds is 3. The molecule has 0 bridgehead atoms. The summed E-state index contributed by atoms with van der Waals surface area (Å²) in [5.41, 5.74) is 6.67. The summed E-state index contributed by atoms with van der Waals surface area (Å²) in [7, 11) is 0. The van der Waals surface area contributed by atoms with E-state index in [4.69, 9.17) is 17.3 Å². The van der Waals surface area contributed by atoms with Crippen LogP contribution in [-0.4, -0.2) is 11.0 Å². The second-order valence-corrected chi connectivity index (χ2v) is 3.21. The van der Waals surface area contributed by atoms with E-state index in [9.17, 15) is 0 Å². The molecule has 66 valence electrons. The van der Waals surface area contributed by atoms with Gasteiger partial charge in [-0.05, 0) is 18.6 Å². The largest absolute Gasteiger partial charge is 0.327 e. The summed E-state index contributed by atoms with van der Waals surface area (Å²) in [5.74, 6) is 0. The Bertz CT molecular complexity index is 250. The van der Waals surface area contributed by atoms with Gasteiger partial charge in [0.2, 0.25) is 0 Å². The highest BCUT2D eigenvalue weighted by Gasteiger charge is 2.05. The van der Waals surface area contributed by atoms with Gasteiger partial charge in [-0.25, -0.2) is 0 Å². The third-order valence-corrected chi connectivity index (χ3v) is 2.16. The maximum Gasteiger partial charge on any atom is 0.0622 e. The molecule has 0 fully saturated rings. The van der Waals surface area contributed by atoms with E-state index >= 15 is 0 Å². The molecule has 0 aliphatic carbocycles. The average Bonchev–Trinajstić information content (AvgIpc) is 2.09. The van der Waals surface area contributed by atoms with Crippen LogP contribution in [0.3, 0.4) is 0 Å². The van der Waals surface area contributed by atoms with Crippen LogP contribution in [0.4, 0.5) is 0 Å². The van der Waals surface area contributed by atoms with E-state index in [2.05, 4.69) is 11.9 Å². The van der Waals surface area contributed by atoms with Crippen LogP contribution in [0.5, 0.6) is 0 Å². The molecular weight excluding hydrogens is 172 g/mol. The number of halogens is 1. The summed E-state index contributed by atoms with van der Waals surface area (Å²) in [4.78, 5) is 4.15. The fraction of sp³-hybridized carbons (Fsp3) is 0.444. The predicted molar refractivity (Wildman–Crippen MR) is 51.2 cm³/mol. The Morgan fingerprint density at radius 2 is 2.42 bits per heavy atom. The van der Waals surface area contributed by atoms with Crippen LogP contribution in [0.25, 0.3) is 0 Å². The zero-order valence-electron chi connectivity index (χ0n) is 7.13. The number of hydrogen-bond acceptors (Lipinski definition) is 2. The molecule has 1 heterocycles. The van der Waals surface area contributed by atoms with Gasteiger partial charge in [0.05, 0.1) is 10.7 Å². The van der Waals surface area contributed by atoms with Crippen LogP contribution in [0, 0.1) is 0 Å². The normalized spacial score (nSPS) is 12.9. The van der Waals surface area contributed by atoms with Gasteiger partial charge < -0.3 is 5.73 Å². The SMILES string of the molecule is CCC(N)Cc1ncccc1Cl. The molecule has 1 atom stereocenters. The lowest BCUT2D eigenvalue weighted by Gasteiger charge is -2.08. The second kappa shape index (κ2) is 4.43. The molecular formula is C9H13ClN2. The summed E-state index contributed by atoms with van der Waals surface area (Å²) in [5, 5.41) is 0.710. The van der Waals surface area contributed by atoms with Crippen LogP contribution in [0.1, 0.15) is 19.0 Å². The van der Waals surface area contributed by atoms with Crippen LogP contribution in [0.15, 0.2) is 18.3 Å².